The Morgan fingerprint density at radius 1 is 1.27 bits per heavy atom. The molecule has 2 amide bonds. The number of anilines is 1. The number of nitro benzene ring substituents is 1. The van der Waals surface area contributed by atoms with E-state index in [4.69, 9.17) is 4.42 Å². The minimum Gasteiger partial charge on any atom is -0.459 e. The van der Waals surface area contributed by atoms with Crippen LogP contribution in [0.25, 0.3) is 0 Å². The number of rotatable bonds is 5. The minimum atomic E-state index is -0.524. The van der Waals surface area contributed by atoms with Crippen molar-refractivity contribution in [3.63, 3.8) is 0 Å². The van der Waals surface area contributed by atoms with Crippen molar-refractivity contribution in [1.29, 1.82) is 0 Å². The summed E-state index contributed by atoms with van der Waals surface area (Å²) in [5, 5.41) is 15.7. The largest absolute Gasteiger partial charge is 0.459 e. The van der Waals surface area contributed by atoms with Gasteiger partial charge in [0.25, 0.3) is 11.6 Å². The summed E-state index contributed by atoms with van der Waals surface area (Å²) in [6.45, 7) is 1.26. The molecule has 8 nitrogen and oxygen atoms in total. The van der Waals surface area contributed by atoms with Crippen molar-refractivity contribution < 1.29 is 18.9 Å². The van der Waals surface area contributed by atoms with E-state index < -0.39 is 16.7 Å². The maximum Gasteiger partial charge on any atom is 0.287 e. The maximum absolute atomic E-state index is 11.8. The first-order valence-electron chi connectivity index (χ1n) is 6.34. The first-order chi connectivity index (χ1) is 10.5. The van der Waals surface area contributed by atoms with Gasteiger partial charge in [-0.3, -0.25) is 19.7 Å². The summed E-state index contributed by atoms with van der Waals surface area (Å²) in [7, 11) is 0. The second-order valence-corrected chi connectivity index (χ2v) is 4.41. The van der Waals surface area contributed by atoms with Gasteiger partial charge in [0.15, 0.2) is 5.76 Å². The Hall–Kier alpha value is -3.16. The molecule has 0 spiro atoms. The maximum atomic E-state index is 11.8. The van der Waals surface area contributed by atoms with Crippen LogP contribution in [0.5, 0.6) is 0 Å². The topological polar surface area (TPSA) is 114 Å². The fourth-order valence-electron chi connectivity index (χ4n) is 1.81. The highest BCUT2D eigenvalue weighted by Crippen LogP contribution is 2.24. The van der Waals surface area contributed by atoms with Gasteiger partial charge in [0, 0.05) is 6.07 Å². The van der Waals surface area contributed by atoms with Gasteiger partial charge in [-0.15, -0.1) is 0 Å². The fourth-order valence-corrected chi connectivity index (χ4v) is 1.81. The number of furan rings is 1. The van der Waals surface area contributed by atoms with Gasteiger partial charge in [0.2, 0.25) is 5.91 Å². The molecule has 1 aromatic carbocycles. The highest BCUT2D eigenvalue weighted by Gasteiger charge is 2.15. The number of hydrogen-bond donors (Lipinski definition) is 2. The van der Waals surface area contributed by atoms with Gasteiger partial charge < -0.3 is 15.1 Å². The van der Waals surface area contributed by atoms with Crippen molar-refractivity contribution in [1.82, 2.24) is 5.32 Å². The van der Waals surface area contributed by atoms with E-state index in [1.54, 1.807) is 12.1 Å². The first-order valence-corrected chi connectivity index (χ1v) is 6.34. The first kappa shape index (κ1) is 15.2. The molecule has 1 aromatic heterocycles. The second kappa shape index (κ2) is 6.53. The smallest absolute Gasteiger partial charge is 0.287 e. The van der Waals surface area contributed by atoms with Gasteiger partial charge in [-0.1, -0.05) is 6.07 Å². The molecule has 0 unspecified atom stereocenters. The summed E-state index contributed by atoms with van der Waals surface area (Å²) in [4.78, 5) is 33.7. The summed E-state index contributed by atoms with van der Waals surface area (Å²) >= 11 is 0. The van der Waals surface area contributed by atoms with E-state index >= 15 is 0 Å². The van der Waals surface area contributed by atoms with E-state index in [0.717, 1.165) is 0 Å². The molecule has 0 bridgehead atoms. The Morgan fingerprint density at radius 3 is 2.68 bits per heavy atom. The molecule has 0 atom stereocenters. The normalized spacial score (nSPS) is 10.0. The zero-order valence-corrected chi connectivity index (χ0v) is 11.7. The Kier molecular flexibility index (Phi) is 4.52. The molecule has 1 heterocycles. The minimum absolute atomic E-state index is 0.0857. The summed E-state index contributed by atoms with van der Waals surface area (Å²) in [6, 6.07) is 7.40. The Labute approximate surface area is 125 Å². The third-order valence-corrected chi connectivity index (χ3v) is 2.93. The highest BCUT2D eigenvalue weighted by atomic mass is 16.6. The lowest BCUT2D eigenvalue weighted by Gasteiger charge is -2.09. The van der Waals surface area contributed by atoms with Gasteiger partial charge in [0.05, 0.1) is 29.0 Å². The molecule has 0 saturated carbocycles. The fraction of sp³-hybridized carbons (Fsp3) is 0.143. The van der Waals surface area contributed by atoms with Crippen LogP contribution in [0.4, 0.5) is 11.4 Å². The van der Waals surface area contributed by atoms with Crippen molar-refractivity contribution in [3.8, 4) is 0 Å². The number of nitro groups is 1. The van der Waals surface area contributed by atoms with Crippen LogP contribution in [0.1, 0.15) is 16.1 Å². The quantitative estimate of drug-likeness (QED) is 0.646. The van der Waals surface area contributed by atoms with Crippen molar-refractivity contribution >= 4 is 23.2 Å². The molecule has 22 heavy (non-hydrogen) atoms. The van der Waals surface area contributed by atoms with Crippen LogP contribution in [-0.4, -0.2) is 23.3 Å². The lowest BCUT2D eigenvalue weighted by molar-refractivity contribution is -0.385. The summed E-state index contributed by atoms with van der Waals surface area (Å²) in [5.74, 6) is -0.918. The van der Waals surface area contributed by atoms with E-state index in [1.165, 1.54) is 31.4 Å². The molecule has 0 saturated heterocycles. The molecular weight excluding hydrogens is 290 g/mol. The molecular formula is C14H13N3O5. The van der Waals surface area contributed by atoms with Crippen molar-refractivity contribution in [2.24, 2.45) is 0 Å². The van der Waals surface area contributed by atoms with Crippen molar-refractivity contribution in [2.75, 3.05) is 11.9 Å². The predicted molar refractivity (Wildman–Crippen MR) is 77.5 cm³/mol. The summed E-state index contributed by atoms with van der Waals surface area (Å²) < 4.78 is 4.89. The number of benzene rings is 1. The second-order valence-electron chi connectivity index (χ2n) is 4.41. The lowest BCUT2D eigenvalue weighted by atomic mass is 10.1. The number of carbonyl (C=O) groups excluding carboxylic acids is 2. The van der Waals surface area contributed by atoms with E-state index in [9.17, 15) is 19.7 Å². The van der Waals surface area contributed by atoms with Crippen LogP contribution >= 0.6 is 0 Å². The standard InChI is InChI=1S/C14H13N3O5/c1-9-10(4-2-5-11(9)17(20)21)16-13(18)8-15-14(19)12-6-3-7-22-12/h2-7H,8H2,1H3,(H,15,19)(H,16,18). The van der Waals surface area contributed by atoms with Crippen LogP contribution in [0, 0.1) is 17.0 Å². The third-order valence-electron chi connectivity index (χ3n) is 2.93. The SMILES string of the molecule is Cc1c(NC(=O)CNC(=O)c2ccco2)cccc1[N+](=O)[O-]. The number of amides is 2. The van der Waals surface area contributed by atoms with Crippen molar-refractivity contribution in [3.05, 3.63) is 58.0 Å². The lowest BCUT2D eigenvalue weighted by Crippen LogP contribution is -2.32. The van der Waals surface area contributed by atoms with Crippen LogP contribution in [0.2, 0.25) is 0 Å². The molecule has 0 aliphatic rings. The number of nitrogens with zero attached hydrogens (tertiary/aromatic N) is 1. The van der Waals surface area contributed by atoms with E-state index in [1.807, 2.05) is 0 Å². The third kappa shape index (κ3) is 3.48. The molecule has 2 aromatic rings. The highest BCUT2D eigenvalue weighted by molar-refractivity contribution is 5.98. The van der Waals surface area contributed by atoms with Crippen LogP contribution in [-0.2, 0) is 4.79 Å². The Morgan fingerprint density at radius 2 is 2.05 bits per heavy atom. The van der Waals surface area contributed by atoms with Crippen molar-refractivity contribution in [2.45, 2.75) is 6.92 Å². The Balaban J connectivity index is 1.97. The van der Waals surface area contributed by atoms with Gasteiger partial charge in [-0.05, 0) is 25.1 Å². The van der Waals surface area contributed by atoms with Gasteiger partial charge in [0.1, 0.15) is 0 Å². The monoisotopic (exact) mass is 303 g/mol. The predicted octanol–water partition coefficient (Wildman–Crippen LogP) is 1.86. The molecule has 2 N–H and O–H groups in total. The number of nitrogens with one attached hydrogen (secondary N) is 2. The average Bonchev–Trinajstić information content (AvgIpc) is 3.01. The van der Waals surface area contributed by atoms with E-state index in [0.29, 0.717) is 11.3 Å². The molecule has 8 heteroatoms. The number of hydrogen-bond acceptors (Lipinski definition) is 5. The van der Waals surface area contributed by atoms with Crippen LogP contribution in [0.3, 0.4) is 0 Å². The van der Waals surface area contributed by atoms with E-state index in [-0.39, 0.29) is 18.0 Å². The average molecular weight is 303 g/mol. The number of carbonyl (C=O) groups is 2. The van der Waals surface area contributed by atoms with Gasteiger partial charge in [-0.25, -0.2) is 0 Å². The van der Waals surface area contributed by atoms with Crippen LogP contribution in [0.15, 0.2) is 41.0 Å². The molecule has 0 aliphatic carbocycles. The van der Waals surface area contributed by atoms with Gasteiger partial charge in [-0.2, -0.15) is 0 Å². The van der Waals surface area contributed by atoms with Crippen LogP contribution < -0.4 is 10.6 Å². The van der Waals surface area contributed by atoms with Gasteiger partial charge >= 0.3 is 0 Å². The van der Waals surface area contributed by atoms with E-state index in [2.05, 4.69) is 10.6 Å². The molecule has 0 aliphatic heterocycles. The zero-order valence-electron chi connectivity index (χ0n) is 11.7. The molecule has 114 valence electrons. The summed E-state index contributed by atoms with van der Waals surface area (Å²) in [6.07, 6.45) is 1.35. The molecule has 0 fully saturated rings. The zero-order chi connectivity index (χ0) is 16.1. The molecule has 0 radical (unpaired) electrons. The Bertz CT molecular complexity index is 709. The molecule has 2 rings (SSSR count). The summed E-state index contributed by atoms with van der Waals surface area (Å²) in [5.41, 5.74) is 0.585.